The lowest BCUT2D eigenvalue weighted by Gasteiger charge is -2.09. The Hall–Kier alpha value is -1.59. The zero-order chi connectivity index (χ0) is 12.7. The molecule has 1 atom stereocenters. The van der Waals surface area contributed by atoms with Crippen LogP contribution in [-0.2, 0) is 11.3 Å². The number of aliphatic carboxylic acids is 1. The zero-order valence-corrected chi connectivity index (χ0v) is 9.72. The number of hydrogen-bond acceptors (Lipinski definition) is 4. The Balaban J connectivity index is 2.28. The Morgan fingerprint density at radius 1 is 1.41 bits per heavy atom. The minimum atomic E-state index is -0.997. The van der Waals surface area contributed by atoms with Gasteiger partial charge in [-0.2, -0.15) is 0 Å². The maximum absolute atomic E-state index is 10.3. The van der Waals surface area contributed by atoms with Crippen molar-refractivity contribution in [1.29, 1.82) is 0 Å². The SMILES string of the molecule is COc1ccc(CNCC(O)CC(=O)O)cc1. The van der Waals surface area contributed by atoms with Gasteiger partial charge in [-0.25, -0.2) is 0 Å². The van der Waals surface area contributed by atoms with Gasteiger partial charge in [0.05, 0.1) is 19.6 Å². The third-order valence-electron chi connectivity index (χ3n) is 2.28. The van der Waals surface area contributed by atoms with Crippen LogP contribution in [0, 0.1) is 0 Å². The number of ether oxygens (including phenoxy) is 1. The quantitative estimate of drug-likeness (QED) is 0.650. The first-order valence-electron chi connectivity index (χ1n) is 5.35. The first-order chi connectivity index (χ1) is 8.11. The van der Waals surface area contributed by atoms with Gasteiger partial charge in [-0.1, -0.05) is 12.1 Å². The van der Waals surface area contributed by atoms with Crippen LogP contribution >= 0.6 is 0 Å². The molecule has 0 spiro atoms. The third kappa shape index (κ3) is 5.33. The number of rotatable bonds is 7. The molecule has 0 heterocycles. The lowest BCUT2D eigenvalue weighted by molar-refractivity contribution is -0.139. The molecule has 1 unspecified atom stereocenters. The highest BCUT2D eigenvalue weighted by Crippen LogP contribution is 2.10. The Morgan fingerprint density at radius 2 is 2.06 bits per heavy atom. The van der Waals surface area contributed by atoms with Crippen molar-refractivity contribution in [1.82, 2.24) is 5.32 Å². The van der Waals surface area contributed by atoms with Crippen LogP contribution in [0.4, 0.5) is 0 Å². The molecule has 0 radical (unpaired) electrons. The Morgan fingerprint density at radius 3 is 2.59 bits per heavy atom. The highest BCUT2D eigenvalue weighted by molar-refractivity contribution is 5.67. The monoisotopic (exact) mass is 239 g/mol. The van der Waals surface area contributed by atoms with E-state index >= 15 is 0 Å². The minimum Gasteiger partial charge on any atom is -0.497 e. The van der Waals surface area contributed by atoms with E-state index in [4.69, 9.17) is 9.84 Å². The predicted molar refractivity (Wildman–Crippen MR) is 63.0 cm³/mol. The number of carbonyl (C=O) groups is 1. The molecule has 94 valence electrons. The van der Waals surface area contributed by atoms with E-state index in [1.54, 1.807) is 7.11 Å². The fraction of sp³-hybridized carbons (Fsp3) is 0.417. The summed E-state index contributed by atoms with van der Waals surface area (Å²) in [6.07, 6.45) is -1.10. The van der Waals surface area contributed by atoms with Crippen molar-refractivity contribution in [2.24, 2.45) is 0 Å². The maximum atomic E-state index is 10.3. The van der Waals surface area contributed by atoms with E-state index in [2.05, 4.69) is 5.32 Å². The van der Waals surface area contributed by atoms with Gasteiger partial charge in [0.15, 0.2) is 0 Å². The van der Waals surface area contributed by atoms with Crippen LogP contribution in [0.25, 0.3) is 0 Å². The summed E-state index contributed by atoms with van der Waals surface area (Å²) >= 11 is 0. The molecule has 0 bridgehead atoms. The van der Waals surface area contributed by atoms with Gasteiger partial charge in [0, 0.05) is 13.1 Å². The fourth-order valence-electron chi connectivity index (χ4n) is 1.40. The van der Waals surface area contributed by atoms with Gasteiger partial charge in [0.25, 0.3) is 0 Å². The van der Waals surface area contributed by atoms with Crippen molar-refractivity contribution >= 4 is 5.97 Å². The smallest absolute Gasteiger partial charge is 0.306 e. The lowest BCUT2D eigenvalue weighted by atomic mass is 10.2. The molecule has 0 aromatic heterocycles. The molecule has 0 aliphatic rings. The lowest BCUT2D eigenvalue weighted by Crippen LogP contribution is -2.28. The van der Waals surface area contributed by atoms with E-state index in [0.717, 1.165) is 11.3 Å². The van der Waals surface area contributed by atoms with Gasteiger partial charge in [-0.15, -0.1) is 0 Å². The molecule has 1 aromatic rings. The number of carboxylic acids is 1. The molecule has 5 nitrogen and oxygen atoms in total. The molecule has 0 amide bonds. The van der Waals surface area contributed by atoms with Crippen LogP contribution in [0.15, 0.2) is 24.3 Å². The molecular formula is C12H17NO4. The molecule has 3 N–H and O–H groups in total. The summed E-state index contributed by atoms with van der Waals surface area (Å²) in [4.78, 5) is 10.3. The number of hydrogen-bond donors (Lipinski definition) is 3. The van der Waals surface area contributed by atoms with E-state index in [1.807, 2.05) is 24.3 Å². The van der Waals surface area contributed by atoms with E-state index in [9.17, 15) is 9.90 Å². The normalized spacial score (nSPS) is 12.1. The molecule has 17 heavy (non-hydrogen) atoms. The van der Waals surface area contributed by atoms with Crippen molar-refractivity contribution in [3.63, 3.8) is 0 Å². The van der Waals surface area contributed by atoms with Gasteiger partial charge in [-0.3, -0.25) is 4.79 Å². The van der Waals surface area contributed by atoms with Crippen molar-refractivity contribution < 1.29 is 19.7 Å². The summed E-state index contributed by atoms with van der Waals surface area (Å²) in [5.74, 6) is -0.205. The minimum absolute atomic E-state index is 0.240. The highest BCUT2D eigenvalue weighted by atomic mass is 16.5. The summed E-state index contributed by atoms with van der Waals surface area (Å²) in [5.41, 5.74) is 1.05. The summed E-state index contributed by atoms with van der Waals surface area (Å²) in [6.45, 7) is 0.846. The number of aliphatic hydroxyl groups is 1. The Bertz CT molecular complexity index is 350. The van der Waals surface area contributed by atoms with Crippen LogP contribution in [0.2, 0.25) is 0 Å². The number of benzene rings is 1. The van der Waals surface area contributed by atoms with Crippen molar-refractivity contribution in [2.45, 2.75) is 19.1 Å². The Labute approximate surface area is 100 Å². The molecule has 5 heteroatoms. The average molecular weight is 239 g/mol. The fourth-order valence-corrected chi connectivity index (χ4v) is 1.40. The number of methoxy groups -OCH3 is 1. The molecule has 0 aliphatic carbocycles. The summed E-state index contributed by atoms with van der Waals surface area (Å²) < 4.78 is 5.03. The largest absolute Gasteiger partial charge is 0.497 e. The Kier molecular flexibility index (Phi) is 5.45. The first kappa shape index (κ1) is 13.5. The first-order valence-corrected chi connectivity index (χ1v) is 5.35. The number of aliphatic hydroxyl groups excluding tert-OH is 1. The number of nitrogens with one attached hydrogen (secondary N) is 1. The van der Waals surface area contributed by atoms with Gasteiger partial charge >= 0.3 is 5.97 Å². The van der Waals surface area contributed by atoms with Crippen molar-refractivity contribution in [3.05, 3.63) is 29.8 Å². The molecular weight excluding hydrogens is 222 g/mol. The zero-order valence-electron chi connectivity index (χ0n) is 9.72. The summed E-state index contributed by atoms with van der Waals surface area (Å²) in [6, 6.07) is 7.53. The second-order valence-electron chi connectivity index (χ2n) is 3.73. The van der Waals surface area contributed by atoms with Crippen LogP contribution in [0.3, 0.4) is 0 Å². The van der Waals surface area contributed by atoms with Gasteiger partial charge in [0.1, 0.15) is 5.75 Å². The molecule has 0 saturated heterocycles. The number of carboxylic acid groups (broad SMARTS) is 1. The van der Waals surface area contributed by atoms with E-state index in [0.29, 0.717) is 6.54 Å². The van der Waals surface area contributed by atoms with Crippen molar-refractivity contribution in [3.8, 4) is 5.75 Å². The third-order valence-corrected chi connectivity index (χ3v) is 2.28. The highest BCUT2D eigenvalue weighted by Gasteiger charge is 2.08. The molecule has 1 rings (SSSR count). The average Bonchev–Trinajstić information content (AvgIpc) is 2.29. The topological polar surface area (TPSA) is 78.8 Å². The van der Waals surface area contributed by atoms with E-state index in [1.165, 1.54) is 0 Å². The van der Waals surface area contributed by atoms with E-state index in [-0.39, 0.29) is 13.0 Å². The second kappa shape index (κ2) is 6.88. The molecule has 1 aromatic carbocycles. The maximum Gasteiger partial charge on any atom is 0.306 e. The van der Waals surface area contributed by atoms with Gasteiger partial charge in [0.2, 0.25) is 0 Å². The van der Waals surface area contributed by atoms with Gasteiger partial charge in [-0.05, 0) is 17.7 Å². The van der Waals surface area contributed by atoms with Gasteiger partial charge < -0.3 is 20.3 Å². The van der Waals surface area contributed by atoms with Crippen LogP contribution in [-0.4, -0.2) is 35.9 Å². The molecule has 0 aliphatic heterocycles. The predicted octanol–water partition coefficient (Wildman–Crippen LogP) is 0.620. The summed E-state index contributed by atoms with van der Waals surface area (Å²) in [5, 5.41) is 20.8. The van der Waals surface area contributed by atoms with E-state index < -0.39 is 12.1 Å². The second-order valence-corrected chi connectivity index (χ2v) is 3.73. The summed E-state index contributed by atoms with van der Waals surface area (Å²) in [7, 11) is 1.61. The molecule has 0 fully saturated rings. The van der Waals surface area contributed by atoms with Crippen LogP contribution in [0.5, 0.6) is 5.75 Å². The van der Waals surface area contributed by atoms with Crippen molar-refractivity contribution in [2.75, 3.05) is 13.7 Å². The standard InChI is InChI=1S/C12H17NO4/c1-17-11-4-2-9(3-5-11)7-13-8-10(14)6-12(15)16/h2-5,10,13-14H,6-8H2,1H3,(H,15,16). The molecule has 0 saturated carbocycles. The van der Waals surface area contributed by atoms with Crippen LogP contribution in [0.1, 0.15) is 12.0 Å². The van der Waals surface area contributed by atoms with Crippen LogP contribution < -0.4 is 10.1 Å².